The molecule has 1 heterocycles. The van der Waals surface area contributed by atoms with Crippen LogP contribution in [0.5, 0.6) is 0 Å². The van der Waals surface area contributed by atoms with Gasteiger partial charge < -0.3 is 14.8 Å². The van der Waals surface area contributed by atoms with E-state index in [-0.39, 0.29) is 37.4 Å². The zero-order valence-corrected chi connectivity index (χ0v) is 17.5. The van der Waals surface area contributed by atoms with E-state index in [4.69, 9.17) is 14.5 Å². The predicted molar refractivity (Wildman–Crippen MR) is 106 cm³/mol. The average molecular weight is 396 g/mol. The van der Waals surface area contributed by atoms with Crippen LogP contribution in [0, 0.1) is 5.92 Å². The van der Waals surface area contributed by atoms with Gasteiger partial charge in [0, 0.05) is 31.9 Å². The molecule has 1 aliphatic rings. The maximum atomic E-state index is 12.3. The molecule has 0 saturated carbocycles. The number of amides is 1. The summed E-state index contributed by atoms with van der Waals surface area (Å²) in [5.41, 5.74) is 1.67. The first-order valence-corrected chi connectivity index (χ1v) is 9.36. The van der Waals surface area contributed by atoms with Gasteiger partial charge in [0.1, 0.15) is 0 Å². The third-order valence-electron chi connectivity index (χ3n) is 4.34. The molecule has 1 rings (SSSR count). The van der Waals surface area contributed by atoms with Crippen LogP contribution in [0.1, 0.15) is 20.8 Å². The highest BCUT2D eigenvalue weighted by Crippen LogP contribution is 2.09. The number of nitrogens with zero attached hydrogens (tertiary/aromatic N) is 3. The topological polar surface area (TPSA) is 101 Å². The lowest BCUT2D eigenvalue weighted by atomic mass is 10.1. The number of esters is 2. The quantitative estimate of drug-likeness (QED) is 0.656. The molecule has 158 valence electrons. The molecule has 1 N–H and O–H groups in total. The molecule has 0 unspecified atom stereocenters. The lowest BCUT2D eigenvalue weighted by Crippen LogP contribution is -2.46. The zero-order valence-electron chi connectivity index (χ0n) is 17.5. The second kappa shape index (κ2) is 12.2. The monoisotopic (exact) mass is 396 g/mol. The van der Waals surface area contributed by atoms with Crippen molar-refractivity contribution in [2.24, 2.45) is 10.9 Å². The standard InChI is InChI=1S/C19H32N4O5/c1-6-15-9-22(12-18(25)27-4)8-7-20-17(24)11-23(13-19(26)28-5)10-16(21-15)14(2)3/h6,14H,7-13H2,1-5H3,(H,20,24)/b15-6-,21-16?. The number of aliphatic imine (C=N–C) groups is 1. The zero-order chi connectivity index (χ0) is 21.1. The molecule has 9 nitrogen and oxygen atoms in total. The van der Waals surface area contributed by atoms with Crippen LogP contribution < -0.4 is 5.32 Å². The molecular weight excluding hydrogens is 364 g/mol. The van der Waals surface area contributed by atoms with Crippen molar-refractivity contribution in [3.8, 4) is 0 Å². The van der Waals surface area contributed by atoms with Crippen molar-refractivity contribution in [1.82, 2.24) is 15.1 Å². The van der Waals surface area contributed by atoms with Gasteiger partial charge in [-0.15, -0.1) is 0 Å². The van der Waals surface area contributed by atoms with Gasteiger partial charge in [0.2, 0.25) is 5.91 Å². The number of carbonyl (C=O) groups excluding carboxylic acids is 3. The summed E-state index contributed by atoms with van der Waals surface area (Å²) in [6.07, 6.45) is 1.90. The summed E-state index contributed by atoms with van der Waals surface area (Å²) in [5.74, 6) is -0.822. The van der Waals surface area contributed by atoms with Crippen LogP contribution >= 0.6 is 0 Å². The fourth-order valence-corrected chi connectivity index (χ4v) is 2.67. The fraction of sp³-hybridized carbons (Fsp3) is 0.684. The Morgan fingerprint density at radius 1 is 1.11 bits per heavy atom. The van der Waals surface area contributed by atoms with Gasteiger partial charge in [-0.2, -0.15) is 0 Å². The Labute approximate surface area is 166 Å². The smallest absolute Gasteiger partial charge is 0.319 e. The first-order chi connectivity index (χ1) is 13.3. The Hall–Kier alpha value is -2.26. The van der Waals surface area contributed by atoms with E-state index in [0.717, 1.165) is 11.4 Å². The van der Waals surface area contributed by atoms with Crippen molar-refractivity contribution < 1.29 is 23.9 Å². The van der Waals surface area contributed by atoms with Gasteiger partial charge in [-0.1, -0.05) is 19.9 Å². The van der Waals surface area contributed by atoms with Crippen molar-refractivity contribution >= 4 is 23.6 Å². The van der Waals surface area contributed by atoms with Gasteiger partial charge in [0.25, 0.3) is 0 Å². The van der Waals surface area contributed by atoms with Gasteiger partial charge in [0.15, 0.2) is 0 Å². The number of allylic oxidation sites excluding steroid dienone is 1. The maximum absolute atomic E-state index is 12.3. The first kappa shape index (κ1) is 23.8. The number of hydrogen-bond donors (Lipinski definition) is 1. The Kier molecular flexibility index (Phi) is 10.4. The lowest BCUT2D eigenvalue weighted by Gasteiger charge is -2.26. The van der Waals surface area contributed by atoms with Crippen LogP contribution in [0.4, 0.5) is 0 Å². The minimum atomic E-state index is -0.404. The maximum Gasteiger partial charge on any atom is 0.319 e. The summed E-state index contributed by atoms with van der Waals surface area (Å²) in [7, 11) is 2.67. The second-order valence-electron chi connectivity index (χ2n) is 6.90. The van der Waals surface area contributed by atoms with Crippen molar-refractivity contribution in [3.63, 3.8) is 0 Å². The summed E-state index contributed by atoms with van der Waals surface area (Å²) in [5, 5.41) is 2.83. The van der Waals surface area contributed by atoms with Crippen molar-refractivity contribution in [2.45, 2.75) is 20.8 Å². The molecule has 1 aliphatic heterocycles. The van der Waals surface area contributed by atoms with E-state index in [9.17, 15) is 14.4 Å². The molecule has 0 radical (unpaired) electrons. The van der Waals surface area contributed by atoms with Gasteiger partial charge in [-0.05, 0) is 12.8 Å². The Bertz CT molecular complexity index is 615. The Morgan fingerprint density at radius 2 is 1.71 bits per heavy atom. The molecule has 0 bridgehead atoms. The largest absolute Gasteiger partial charge is 0.468 e. The molecule has 0 atom stereocenters. The molecule has 0 aromatic heterocycles. The normalized spacial score (nSPS) is 19.4. The van der Waals surface area contributed by atoms with E-state index in [1.54, 1.807) is 4.90 Å². The summed E-state index contributed by atoms with van der Waals surface area (Å²) in [6.45, 7) is 7.78. The van der Waals surface area contributed by atoms with E-state index in [2.05, 4.69) is 5.32 Å². The van der Waals surface area contributed by atoms with Gasteiger partial charge >= 0.3 is 11.9 Å². The van der Waals surface area contributed by atoms with Gasteiger partial charge in [-0.25, -0.2) is 0 Å². The van der Waals surface area contributed by atoms with Crippen molar-refractivity contribution in [2.75, 3.05) is 60.0 Å². The lowest BCUT2D eigenvalue weighted by molar-refractivity contribution is -0.142. The van der Waals surface area contributed by atoms with Crippen LogP contribution in [-0.4, -0.2) is 93.4 Å². The average Bonchev–Trinajstić information content (AvgIpc) is 2.64. The summed E-state index contributed by atoms with van der Waals surface area (Å²) in [6, 6.07) is 0. The fourth-order valence-electron chi connectivity index (χ4n) is 2.67. The van der Waals surface area contributed by atoms with Crippen LogP contribution in [0.3, 0.4) is 0 Å². The number of carbonyl (C=O) groups is 3. The highest BCUT2D eigenvalue weighted by molar-refractivity contribution is 5.90. The second-order valence-corrected chi connectivity index (χ2v) is 6.90. The third kappa shape index (κ3) is 8.62. The van der Waals surface area contributed by atoms with E-state index >= 15 is 0 Å². The van der Waals surface area contributed by atoms with Crippen LogP contribution in [-0.2, 0) is 23.9 Å². The predicted octanol–water partition coefficient (Wildman–Crippen LogP) is 0.0670. The molecule has 0 aromatic rings. The van der Waals surface area contributed by atoms with E-state index < -0.39 is 5.97 Å². The molecule has 0 saturated heterocycles. The first-order valence-electron chi connectivity index (χ1n) is 9.36. The molecule has 9 heteroatoms. The molecule has 28 heavy (non-hydrogen) atoms. The SMILES string of the molecule is C/C=C1/CN(CC(=O)OC)CCNC(=O)CN(CC(=O)OC)CC(C(C)C)=N1. The molecule has 0 fully saturated rings. The van der Waals surface area contributed by atoms with Crippen molar-refractivity contribution in [3.05, 3.63) is 11.8 Å². The summed E-state index contributed by atoms with van der Waals surface area (Å²) >= 11 is 0. The Morgan fingerprint density at radius 3 is 2.25 bits per heavy atom. The van der Waals surface area contributed by atoms with Crippen LogP contribution in [0.25, 0.3) is 0 Å². The number of methoxy groups -OCH3 is 2. The molecule has 1 amide bonds. The summed E-state index contributed by atoms with van der Waals surface area (Å²) < 4.78 is 9.51. The van der Waals surface area contributed by atoms with E-state index in [1.807, 2.05) is 31.7 Å². The number of ether oxygens (including phenoxy) is 2. The van der Waals surface area contributed by atoms with Crippen molar-refractivity contribution in [1.29, 1.82) is 0 Å². The minimum Gasteiger partial charge on any atom is -0.468 e. The number of nitrogens with one attached hydrogen (secondary N) is 1. The van der Waals surface area contributed by atoms with Crippen LogP contribution in [0.2, 0.25) is 0 Å². The van der Waals surface area contributed by atoms with Gasteiger partial charge in [-0.3, -0.25) is 29.2 Å². The summed E-state index contributed by atoms with van der Waals surface area (Å²) in [4.78, 5) is 44.1. The molecule has 0 spiro atoms. The van der Waals surface area contributed by atoms with E-state index in [0.29, 0.717) is 26.2 Å². The highest BCUT2D eigenvalue weighted by Gasteiger charge is 2.21. The number of rotatable bonds is 5. The molecule has 0 aliphatic carbocycles. The minimum absolute atomic E-state index is 0.00922. The Balaban J connectivity index is 3.13. The van der Waals surface area contributed by atoms with Gasteiger partial charge in [0.05, 0.1) is 39.6 Å². The molecule has 0 aromatic carbocycles. The third-order valence-corrected chi connectivity index (χ3v) is 4.34. The van der Waals surface area contributed by atoms with Crippen LogP contribution in [0.15, 0.2) is 16.8 Å². The molecular formula is C19H32N4O5. The highest BCUT2D eigenvalue weighted by atomic mass is 16.5. The number of hydrogen-bond acceptors (Lipinski definition) is 8. The van der Waals surface area contributed by atoms with E-state index in [1.165, 1.54) is 14.2 Å².